The van der Waals surface area contributed by atoms with Crippen molar-refractivity contribution >= 4 is 0 Å². The van der Waals surface area contributed by atoms with Gasteiger partial charge in [0.05, 0.1) is 25.5 Å². The van der Waals surface area contributed by atoms with Gasteiger partial charge in [0.15, 0.2) is 0 Å². The Morgan fingerprint density at radius 1 is 1.19 bits per heavy atom. The van der Waals surface area contributed by atoms with Crippen LogP contribution in [-0.4, -0.2) is 22.1 Å². The number of aromatic nitrogens is 3. The van der Waals surface area contributed by atoms with Crippen molar-refractivity contribution in [2.45, 2.75) is 19.4 Å². The molecular weight excluding hydrogens is 202 g/mol. The number of ether oxygens (including phenoxy) is 1. The molecule has 0 spiro atoms. The summed E-state index contributed by atoms with van der Waals surface area (Å²) in [5, 5.41) is 8.25. The van der Waals surface area contributed by atoms with Gasteiger partial charge in [-0.2, -0.15) is 15.0 Å². The summed E-state index contributed by atoms with van der Waals surface area (Å²) in [4.78, 5) is 1.73. The predicted molar refractivity (Wildman–Crippen MR) is 61.4 cm³/mol. The molecule has 0 aliphatic heterocycles. The summed E-state index contributed by atoms with van der Waals surface area (Å²) < 4.78 is 5.12. The lowest BCUT2D eigenvalue weighted by Crippen LogP contribution is -2.11. The Kier molecular flexibility index (Phi) is 3.19. The standard InChI is InChI=1S/C12H15N3O/c1-10(15-13-7-8-14-15)9-11-3-5-12(16-2)6-4-11/h3-8,10H,9H2,1-2H3/t10-/m1/s1. The second-order valence-electron chi connectivity index (χ2n) is 3.75. The smallest absolute Gasteiger partial charge is 0.118 e. The van der Waals surface area contributed by atoms with Gasteiger partial charge in [-0.3, -0.25) is 0 Å². The second-order valence-corrected chi connectivity index (χ2v) is 3.75. The van der Waals surface area contributed by atoms with Crippen molar-refractivity contribution in [3.05, 3.63) is 42.2 Å². The Labute approximate surface area is 94.9 Å². The van der Waals surface area contributed by atoms with Crippen LogP contribution >= 0.6 is 0 Å². The summed E-state index contributed by atoms with van der Waals surface area (Å²) >= 11 is 0. The number of benzene rings is 1. The Morgan fingerprint density at radius 2 is 1.81 bits per heavy atom. The van der Waals surface area contributed by atoms with Crippen LogP contribution in [0.2, 0.25) is 0 Å². The van der Waals surface area contributed by atoms with Crippen LogP contribution in [-0.2, 0) is 6.42 Å². The van der Waals surface area contributed by atoms with E-state index in [0.29, 0.717) is 0 Å². The first-order valence-electron chi connectivity index (χ1n) is 5.28. The van der Waals surface area contributed by atoms with Crippen LogP contribution in [0.25, 0.3) is 0 Å². The molecule has 0 aliphatic carbocycles. The molecule has 0 bridgehead atoms. The zero-order valence-corrected chi connectivity index (χ0v) is 9.50. The molecule has 2 aromatic rings. The molecule has 1 aromatic carbocycles. The maximum atomic E-state index is 5.12. The molecule has 0 saturated heterocycles. The topological polar surface area (TPSA) is 39.9 Å². The number of nitrogens with zero attached hydrogens (tertiary/aromatic N) is 3. The molecule has 1 heterocycles. The molecule has 16 heavy (non-hydrogen) atoms. The molecule has 0 radical (unpaired) electrons. The van der Waals surface area contributed by atoms with Crippen LogP contribution in [0.15, 0.2) is 36.7 Å². The molecule has 0 N–H and O–H groups in total. The van der Waals surface area contributed by atoms with Gasteiger partial charge < -0.3 is 4.74 Å². The van der Waals surface area contributed by atoms with E-state index in [0.717, 1.165) is 12.2 Å². The fourth-order valence-corrected chi connectivity index (χ4v) is 1.64. The molecule has 0 aliphatic rings. The molecule has 4 heteroatoms. The zero-order valence-electron chi connectivity index (χ0n) is 9.50. The molecular formula is C12H15N3O. The van der Waals surface area contributed by atoms with E-state index in [1.807, 2.05) is 12.1 Å². The average molecular weight is 217 g/mol. The number of hydrogen-bond acceptors (Lipinski definition) is 3. The fourth-order valence-electron chi connectivity index (χ4n) is 1.64. The first-order chi connectivity index (χ1) is 7.79. The van der Waals surface area contributed by atoms with Crippen LogP contribution in [0.3, 0.4) is 0 Å². The first-order valence-corrected chi connectivity index (χ1v) is 5.28. The molecule has 2 rings (SSSR count). The van der Waals surface area contributed by atoms with Crippen LogP contribution in [0, 0.1) is 0 Å². The van der Waals surface area contributed by atoms with Crippen molar-refractivity contribution in [3.8, 4) is 5.75 Å². The highest BCUT2D eigenvalue weighted by molar-refractivity contribution is 5.27. The van der Waals surface area contributed by atoms with Crippen LogP contribution in [0.4, 0.5) is 0 Å². The summed E-state index contributed by atoms with van der Waals surface area (Å²) in [6, 6.07) is 8.35. The van der Waals surface area contributed by atoms with Gasteiger partial charge >= 0.3 is 0 Å². The summed E-state index contributed by atoms with van der Waals surface area (Å²) in [5.74, 6) is 0.883. The minimum absolute atomic E-state index is 0.267. The Hall–Kier alpha value is -1.84. The largest absolute Gasteiger partial charge is 0.497 e. The monoisotopic (exact) mass is 217 g/mol. The molecule has 4 nitrogen and oxygen atoms in total. The van der Waals surface area contributed by atoms with E-state index in [9.17, 15) is 0 Å². The third kappa shape index (κ3) is 2.39. The highest BCUT2D eigenvalue weighted by Crippen LogP contribution is 2.15. The van der Waals surface area contributed by atoms with Crippen molar-refractivity contribution < 1.29 is 4.74 Å². The van der Waals surface area contributed by atoms with Gasteiger partial charge in [0.25, 0.3) is 0 Å². The predicted octanol–water partition coefficient (Wildman–Crippen LogP) is 2.09. The van der Waals surface area contributed by atoms with Gasteiger partial charge in [-0.25, -0.2) is 0 Å². The number of hydrogen-bond donors (Lipinski definition) is 0. The molecule has 0 fully saturated rings. The summed E-state index contributed by atoms with van der Waals surface area (Å²) in [7, 11) is 1.67. The average Bonchev–Trinajstić information content (AvgIpc) is 2.83. The fraction of sp³-hybridized carbons (Fsp3) is 0.333. The Balaban J connectivity index is 2.03. The van der Waals surface area contributed by atoms with E-state index in [4.69, 9.17) is 4.74 Å². The highest BCUT2D eigenvalue weighted by Gasteiger charge is 2.06. The van der Waals surface area contributed by atoms with E-state index in [1.54, 1.807) is 24.3 Å². The van der Waals surface area contributed by atoms with Crippen molar-refractivity contribution in [2.24, 2.45) is 0 Å². The summed E-state index contributed by atoms with van der Waals surface area (Å²) in [6.45, 7) is 2.10. The van der Waals surface area contributed by atoms with E-state index in [2.05, 4.69) is 29.3 Å². The SMILES string of the molecule is COc1ccc(C[C@@H](C)n2nccn2)cc1. The van der Waals surface area contributed by atoms with Gasteiger partial charge in [-0.15, -0.1) is 0 Å². The third-order valence-corrected chi connectivity index (χ3v) is 2.52. The van der Waals surface area contributed by atoms with E-state index < -0.39 is 0 Å². The van der Waals surface area contributed by atoms with Crippen molar-refractivity contribution in [3.63, 3.8) is 0 Å². The van der Waals surface area contributed by atoms with E-state index in [1.165, 1.54) is 5.56 Å². The molecule has 0 unspecified atom stereocenters. The van der Waals surface area contributed by atoms with Crippen LogP contribution in [0.1, 0.15) is 18.5 Å². The van der Waals surface area contributed by atoms with E-state index >= 15 is 0 Å². The minimum Gasteiger partial charge on any atom is -0.497 e. The quantitative estimate of drug-likeness (QED) is 0.787. The lowest BCUT2D eigenvalue weighted by Gasteiger charge is -2.10. The van der Waals surface area contributed by atoms with Crippen molar-refractivity contribution in [2.75, 3.05) is 7.11 Å². The lowest BCUT2D eigenvalue weighted by molar-refractivity contribution is 0.413. The van der Waals surface area contributed by atoms with Gasteiger partial charge in [-0.1, -0.05) is 12.1 Å². The molecule has 84 valence electrons. The molecule has 0 saturated carbocycles. The van der Waals surface area contributed by atoms with Gasteiger partial charge in [-0.05, 0) is 31.0 Å². The maximum Gasteiger partial charge on any atom is 0.118 e. The van der Waals surface area contributed by atoms with Gasteiger partial charge in [0, 0.05) is 0 Å². The summed E-state index contributed by atoms with van der Waals surface area (Å²) in [6.07, 6.45) is 4.31. The van der Waals surface area contributed by atoms with Crippen molar-refractivity contribution in [1.29, 1.82) is 0 Å². The molecule has 1 atom stereocenters. The summed E-state index contributed by atoms with van der Waals surface area (Å²) in [5.41, 5.74) is 1.26. The normalized spacial score (nSPS) is 12.4. The van der Waals surface area contributed by atoms with Crippen LogP contribution < -0.4 is 4.74 Å². The highest BCUT2D eigenvalue weighted by atomic mass is 16.5. The minimum atomic E-state index is 0.267. The maximum absolute atomic E-state index is 5.12. The van der Waals surface area contributed by atoms with Crippen molar-refractivity contribution in [1.82, 2.24) is 15.0 Å². The van der Waals surface area contributed by atoms with Gasteiger partial charge in [0.2, 0.25) is 0 Å². The number of rotatable bonds is 4. The first kappa shape index (κ1) is 10.7. The lowest BCUT2D eigenvalue weighted by atomic mass is 10.1. The molecule has 0 amide bonds. The Morgan fingerprint density at radius 3 is 2.38 bits per heavy atom. The van der Waals surface area contributed by atoms with Gasteiger partial charge in [0.1, 0.15) is 5.75 Å². The number of methoxy groups -OCH3 is 1. The van der Waals surface area contributed by atoms with Crippen LogP contribution in [0.5, 0.6) is 5.75 Å². The third-order valence-electron chi connectivity index (χ3n) is 2.52. The van der Waals surface area contributed by atoms with E-state index in [-0.39, 0.29) is 6.04 Å². The Bertz CT molecular complexity index is 422. The zero-order chi connectivity index (χ0) is 11.4. The second kappa shape index (κ2) is 4.79. The molecule has 1 aromatic heterocycles.